The summed E-state index contributed by atoms with van der Waals surface area (Å²) in [6.45, 7) is 0. The maximum absolute atomic E-state index is 13.9. The first-order chi connectivity index (χ1) is 51.8. The Morgan fingerprint density at radius 2 is 0.636 bits per heavy atom. The van der Waals surface area contributed by atoms with Gasteiger partial charge in [0.2, 0.25) is 0 Å². The SMILES string of the molecule is C.COc1cc(Cl)c(-c2cccc(F)c2)cc1-n1c(=O)ccc2cc(S(=O)(=O)Cc3ccon3)ccc21.COc1cc(Cl)c(-c2cccc(F)c2)cc1-n1c(=O)ccc2cc(S(=O)(=O)Cc3ccon3)ccc21.COc1cc(Cl)c(-c2cccc(F)c2)cc1-n1c(=O)ccc2cc(S(=O)(=O)Cc3ccon3)ccc21.P. The minimum atomic E-state index is -3.72. The molecule has 0 amide bonds. The highest BCUT2D eigenvalue weighted by Crippen LogP contribution is 2.41. The van der Waals surface area contributed by atoms with E-state index in [1.807, 2.05) is 0 Å². The molecule has 6 heterocycles. The molecule has 1 atom stereocenters. The summed E-state index contributed by atoms with van der Waals surface area (Å²) in [6, 6.07) is 54.0. The molecule has 0 aliphatic carbocycles. The molecule has 9 aromatic carbocycles. The zero-order valence-electron chi connectivity index (χ0n) is 57.1. The minimum absolute atomic E-state index is 0. The normalized spacial score (nSPS) is 11.4. The van der Waals surface area contributed by atoms with Crippen LogP contribution in [0.5, 0.6) is 17.2 Å². The molecule has 0 spiro atoms. The van der Waals surface area contributed by atoms with Gasteiger partial charge < -0.3 is 27.8 Å². The Balaban J connectivity index is 0.000000162. The first-order valence-electron chi connectivity index (χ1n) is 32.1. The Labute approximate surface area is 644 Å². The number of benzene rings is 9. The molecule has 0 saturated carbocycles. The van der Waals surface area contributed by atoms with Crippen LogP contribution < -0.4 is 30.9 Å². The number of methoxy groups -OCH3 is 3. The van der Waals surface area contributed by atoms with Crippen LogP contribution in [0.4, 0.5) is 13.2 Å². The molecule has 0 N–H and O–H groups in total. The topological polar surface area (TPSA) is 274 Å². The van der Waals surface area contributed by atoms with Crippen molar-refractivity contribution in [2.24, 2.45) is 0 Å². The molecule has 15 rings (SSSR count). The number of hydrogen-bond acceptors (Lipinski definition) is 18. The number of nitrogens with zero attached hydrogens (tertiary/aromatic N) is 6. The molecule has 0 radical (unpaired) electrons. The number of aromatic nitrogens is 6. The predicted octanol–water partition coefficient (Wildman–Crippen LogP) is 17.0. The molecule has 31 heteroatoms. The van der Waals surface area contributed by atoms with Crippen molar-refractivity contribution < 1.29 is 66.2 Å². The van der Waals surface area contributed by atoms with Crippen LogP contribution >= 0.6 is 44.7 Å². The van der Waals surface area contributed by atoms with Crippen molar-refractivity contribution in [3.8, 4) is 67.7 Å². The molecule has 1 unspecified atom stereocenters. The second-order valence-corrected chi connectivity index (χ2v) is 31.2. The van der Waals surface area contributed by atoms with Crippen LogP contribution in [-0.2, 0) is 46.8 Å². The van der Waals surface area contributed by atoms with E-state index in [9.17, 15) is 52.8 Å². The quantitative estimate of drug-likeness (QED) is 0.0722. The highest BCUT2D eigenvalue weighted by Gasteiger charge is 2.25. The van der Waals surface area contributed by atoms with Gasteiger partial charge in [0, 0.05) is 87.4 Å². The maximum atomic E-state index is 13.9. The van der Waals surface area contributed by atoms with E-state index in [1.54, 1.807) is 109 Å². The van der Waals surface area contributed by atoms with Gasteiger partial charge >= 0.3 is 0 Å². The van der Waals surface area contributed by atoms with E-state index in [0.29, 0.717) is 115 Å². The highest BCUT2D eigenvalue weighted by molar-refractivity contribution is 7.91. The van der Waals surface area contributed by atoms with Crippen molar-refractivity contribution >= 4 is 107 Å². The second kappa shape index (κ2) is 33.2. The van der Waals surface area contributed by atoms with E-state index in [4.69, 9.17) is 62.6 Å². The molecule has 0 bridgehead atoms. The summed E-state index contributed by atoms with van der Waals surface area (Å²) < 4.78 is 154. The van der Waals surface area contributed by atoms with Gasteiger partial charge in [-0.15, -0.1) is 0 Å². The summed E-state index contributed by atoms with van der Waals surface area (Å²) in [6.07, 6.45) is 3.92. The number of hydrogen-bond donors (Lipinski definition) is 0. The summed E-state index contributed by atoms with van der Waals surface area (Å²) in [4.78, 5) is 39.4. The standard InChI is InChI=1S/3C26H18ClFN2O5S.CH4.H3P/c3*1-34-25-14-22(27)21(16-3-2-4-18(28)11-16)13-24(25)30-23-7-6-20(12-17(23)5-8-26(30)31)36(32,33)15-19-9-10-35-29-19;;/h3*2-14H,15H2,1H3;1H4;1H3. The van der Waals surface area contributed by atoms with Crippen LogP contribution in [-0.4, -0.2) is 75.8 Å². The van der Waals surface area contributed by atoms with Crippen molar-refractivity contribution in [2.45, 2.75) is 39.4 Å². The molecule has 15 aromatic rings. The smallest absolute Gasteiger partial charge is 0.255 e. The third kappa shape index (κ3) is 16.9. The third-order valence-corrected chi connectivity index (χ3v) is 23.0. The average Bonchev–Trinajstić information content (AvgIpc) is 0.869. The van der Waals surface area contributed by atoms with Crippen molar-refractivity contribution in [1.29, 1.82) is 0 Å². The number of halogens is 6. The minimum Gasteiger partial charge on any atom is -0.495 e. The van der Waals surface area contributed by atoms with E-state index in [1.165, 1.54) is 163 Å². The van der Waals surface area contributed by atoms with Gasteiger partial charge in [-0.3, -0.25) is 28.1 Å². The lowest BCUT2D eigenvalue weighted by molar-refractivity contribution is 0.413. The van der Waals surface area contributed by atoms with Gasteiger partial charge in [-0.2, -0.15) is 9.90 Å². The predicted molar refractivity (Wildman–Crippen MR) is 420 cm³/mol. The van der Waals surface area contributed by atoms with E-state index in [0.717, 1.165) is 0 Å². The number of rotatable bonds is 18. The fourth-order valence-corrected chi connectivity index (χ4v) is 16.7. The van der Waals surface area contributed by atoms with Gasteiger partial charge in [0.05, 0.1) is 102 Å². The number of fused-ring (bicyclic) bond motifs is 3. The third-order valence-electron chi connectivity index (χ3n) is 17.1. The first-order valence-corrected chi connectivity index (χ1v) is 38.1. The van der Waals surface area contributed by atoms with E-state index in [2.05, 4.69) is 15.5 Å². The van der Waals surface area contributed by atoms with E-state index < -0.39 is 47.0 Å². The Kier molecular flexibility index (Phi) is 24.0. The van der Waals surface area contributed by atoms with E-state index in [-0.39, 0.29) is 83.0 Å². The highest BCUT2D eigenvalue weighted by atomic mass is 35.5. The Morgan fingerprint density at radius 1 is 0.364 bits per heavy atom. The summed E-state index contributed by atoms with van der Waals surface area (Å²) in [7, 11) is -6.81. The summed E-state index contributed by atoms with van der Waals surface area (Å²) in [5, 5.41) is 13.5. The van der Waals surface area contributed by atoms with Crippen LogP contribution in [0.3, 0.4) is 0 Å². The lowest BCUT2D eigenvalue weighted by Crippen LogP contribution is -2.18. The Hall–Kier alpha value is -11.4. The van der Waals surface area contributed by atoms with Crippen LogP contribution in [0, 0.1) is 17.5 Å². The number of ether oxygens (including phenoxy) is 3. The average molecular weight is 1620 g/mol. The molecule has 0 aliphatic rings. The lowest BCUT2D eigenvalue weighted by Gasteiger charge is -2.17. The Bertz CT molecular complexity index is 5930. The summed E-state index contributed by atoms with van der Waals surface area (Å²) in [5.41, 5.74) is 5.31. The number of sulfone groups is 3. The monoisotopic (exact) mass is 1620 g/mol. The van der Waals surface area contributed by atoms with Gasteiger partial charge in [0.15, 0.2) is 29.5 Å². The van der Waals surface area contributed by atoms with Crippen LogP contribution in [0.15, 0.2) is 280 Å². The molecule has 562 valence electrons. The van der Waals surface area contributed by atoms with Gasteiger partial charge in [0.1, 0.15) is 70.7 Å². The zero-order valence-corrected chi connectivity index (χ0v) is 63.3. The molecular formula is C79H61Cl3F3N6O15PS3. The van der Waals surface area contributed by atoms with Crippen LogP contribution in [0.1, 0.15) is 24.5 Å². The lowest BCUT2D eigenvalue weighted by atomic mass is 10.0. The zero-order chi connectivity index (χ0) is 76.3. The summed E-state index contributed by atoms with van der Waals surface area (Å²) in [5.74, 6) is -1.30. The fourth-order valence-electron chi connectivity index (χ4n) is 12.0. The molecule has 0 saturated heterocycles. The molecule has 110 heavy (non-hydrogen) atoms. The molecule has 0 aliphatic heterocycles. The van der Waals surface area contributed by atoms with Crippen molar-refractivity contribution in [2.75, 3.05) is 21.3 Å². The molecular weight excluding hydrogens is 1560 g/mol. The van der Waals surface area contributed by atoms with Gasteiger partial charge in [-0.25, -0.2) is 38.4 Å². The summed E-state index contributed by atoms with van der Waals surface area (Å²) >= 11 is 19.4. The number of pyridine rings is 3. The first kappa shape index (κ1) is 79.6. The van der Waals surface area contributed by atoms with Gasteiger partial charge in [-0.05, 0) is 144 Å². The van der Waals surface area contributed by atoms with Crippen molar-refractivity contribution in [3.63, 3.8) is 0 Å². The van der Waals surface area contributed by atoms with Crippen LogP contribution in [0.2, 0.25) is 15.1 Å². The molecule has 6 aromatic heterocycles. The molecule has 0 fully saturated rings. The second-order valence-electron chi connectivity index (χ2n) is 24.0. The van der Waals surface area contributed by atoms with Gasteiger partial charge in [-0.1, -0.05) is 94.1 Å². The van der Waals surface area contributed by atoms with Gasteiger partial charge in [0.25, 0.3) is 16.7 Å². The van der Waals surface area contributed by atoms with Crippen molar-refractivity contribution in [1.82, 2.24) is 29.2 Å². The fraction of sp³-hybridized carbons (Fsp3) is 0.0886. The largest absolute Gasteiger partial charge is 0.495 e. The maximum Gasteiger partial charge on any atom is 0.255 e. The molecule has 21 nitrogen and oxygen atoms in total. The van der Waals surface area contributed by atoms with E-state index >= 15 is 0 Å². The van der Waals surface area contributed by atoms with Crippen LogP contribution in [0.25, 0.3) is 83.2 Å². The van der Waals surface area contributed by atoms with Crippen molar-refractivity contribution in [3.05, 3.63) is 318 Å². The Morgan fingerprint density at radius 3 is 0.873 bits per heavy atom.